The summed E-state index contributed by atoms with van der Waals surface area (Å²) in [4.78, 5) is 12.3. The van der Waals surface area contributed by atoms with Crippen molar-refractivity contribution in [2.45, 2.75) is 167 Å². The molecule has 1 amide bonds. The molecule has 0 aromatic carbocycles. The molecule has 0 aliphatic heterocycles. The topological polar surface area (TPSA) is 89.8 Å². The van der Waals surface area contributed by atoms with E-state index in [1.54, 1.807) is 6.08 Å². The Morgan fingerprint density at radius 2 is 1.16 bits per heavy atom. The molecule has 0 saturated heterocycles. The Labute approximate surface area is 229 Å². The number of amides is 1. The summed E-state index contributed by atoms with van der Waals surface area (Å²) in [5.41, 5.74) is 0. The van der Waals surface area contributed by atoms with Gasteiger partial charge in [-0.25, -0.2) is 0 Å². The molecular formula is C32H61NO4. The molecule has 0 aromatic heterocycles. The van der Waals surface area contributed by atoms with Crippen molar-refractivity contribution in [3.63, 3.8) is 0 Å². The number of carbonyl (C=O) groups is 1. The van der Waals surface area contributed by atoms with Crippen LogP contribution in [0.4, 0.5) is 0 Å². The zero-order chi connectivity index (χ0) is 27.4. The molecule has 3 atom stereocenters. The van der Waals surface area contributed by atoms with Crippen molar-refractivity contribution >= 4 is 5.91 Å². The van der Waals surface area contributed by atoms with Crippen molar-refractivity contribution in [3.8, 4) is 0 Å². The van der Waals surface area contributed by atoms with E-state index in [1.807, 2.05) is 6.08 Å². The van der Waals surface area contributed by atoms with Crippen LogP contribution in [0.1, 0.15) is 149 Å². The molecule has 5 nitrogen and oxygen atoms in total. The molecule has 0 heterocycles. The molecule has 0 aromatic rings. The SMILES string of the molecule is CCCCC/C=C/CC/C=C/C(O)C(CO)NC(=O)CC(O)CCCCCCCCCCCCCCC. The lowest BCUT2D eigenvalue weighted by atomic mass is 10.0. The Kier molecular flexibility index (Phi) is 27.0. The van der Waals surface area contributed by atoms with Crippen molar-refractivity contribution in [2.24, 2.45) is 0 Å². The molecule has 0 fully saturated rings. The molecule has 0 radical (unpaired) electrons. The van der Waals surface area contributed by atoms with E-state index < -0.39 is 18.2 Å². The van der Waals surface area contributed by atoms with Gasteiger partial charge in [-0.05, 0) is 32.1 Å². The first-order valence-corrected chi connectivity index (χ1v) is 15.6. The van der Waals surface area contributed by atoms with Crippen LogP contribution in [0.5, 0.6) is 0 Å². The van der Waals surface area contributed by atoms with Crippen LogP contribution in [-0.2, 0) is 4.79 Å². The van der Waals surface area contributed by atoms with Gasteiger partial charge in [-0.3, -0.25) is 4.79 Å². The van der Waals surface area contributed by atoms with Crippen molar-refractivity contribution < 1.29 is 20.1 Å². The minimum absolute atomic E-state index is 0.00795. The number of aliphatic hydroxyl groups is 3. The lowest BCUT2D eigenvalue weighted by molar-refractivity contribution is -0.124. The summed E-state index contributed by atoms with van der Waals surface area (Å²) in [5.74, 6) is -0.330. The predicted octanol–water partition coefficient (Wildman–Crippen LogP) is 7.53. The van der Waals surface area contributed by atoms with E-state index in [4.69, 9.17) is 0 Å². The molecule has 0 aliphatic carbocycles. The Morgan fingerprint density at radius 3 is 1.73 bits per heavy atom. The molecule has 218 valence electrons. The van der Waals surface area contributed by atoms with Crippen molar-refractivity contribution in [1.82, 2.24) is 5.32 Å². The average molecular weight is 524 g/mol. The van der Waals surface area contributed by atoms with Crippen molar-refractivity contribution in [1.29, 1.82) is 0 Å². The summed E-state index contributed by atoms with van der Waals surface area (Å²) in [6, 6.07) is -0.753. The fraction of sp³-hybridized carbons (Fsp3) is 0.844. The third-order valence-corrected chi connectivity index (χ3v) is 6.99. The Morgan fingerprint density at radius 1 is 0.676 bits per heavy atom. The number of unbranched alkanes of at least 4 members (excludes halogenated alkanes) is 16. The second kappa shape index (κ2) is 27.9. The van der Waals surface area contributed by atoms with Gasteiger partial charge in [0, 0.05) is 0 Å². The smallest absolute Gasteiger partial charge is 0.222 e. The summed E-state index contributed by atoms with van der Waals surface area (Å²) in [6.45, 7) is 4.11. The van der Waals surface area contributed by atoms with Gasteiger partial charge in [0.2, 0.25) is 5.91 Å². The molecule has 4 N–H and O–H groups in total. The maximum absolute atomic E-state index is 12.3. The highest BCUT2D eigenvalue weighted by molar-refractivity contribution is 5.76. The molecule has 5 heteroatoms. The minimum atomic E-state index is -0.944. The van der Waals surface area contributed by atoms with Gasteiger partial charge in [0.25, 0.3) is 0 Å². The first kappa shape index (κ1) is 35.8. The van der Waals surface area contributed by atoms with Crippen LogP contribution in [0.3, 0.4) is 0 Å². The van der Waals surface area contributed by atoms with E-state index in [0.29, 0.717) is 6.42 Å². The second-order valence-corrected chi connectivity index (χ2v) is 10.7. The van der Waals surface area contributed by atoms with Crippen LogP contribution in [0, 0.1) is 0 Å². The van der Waals surface area contributed by atoms with E-state index >= 15 is 0 Å². The van der Waals surface area contributed by atoms with Crippen LogP contribution in [0.15, 0.2) is 24.3 Å². The molecule has 0 bridgehead atoms. The van der Waals surface area contributed by atoms with Gasteiger partial charge >= 0.3 is 0 Å². The summed E-state index contributed by atoms with van der Waals surface area (Å²) in [6.07, 6.45) is 30.1. The number of nitrogens with one attached hydrogen (secondary N) is 1. The molecule has 0 saturated carbocycles. The third kappa shape index (κ3) is 24.9. The summed E-state index contributed by atoms with van der Waals surface area (Å²) >= 11 is 0. The van der Waals surface area contributed by atoms with Gasteiger partial charge in [-0.2, -0.15) is 0 Å². The van der Waals surface area contributed by atoms with E-state index in [0.717, 1.165) is 32.1 Å². The normalized spacial score (nSPS) is 14.4. The quantitative estimate of drug-likeness (QED) is 0.0661. The fourth-order valence-electron chi connectivity index (χ4n) is 4.53. The molecule has 0 spiro atoms. The zero-order valence-corrected chi connectivity index (χ0v) is 24.3. The lowest BCUT2D eigenvalue weighted by Gasteiger charge is -2.21. The Balaban J connectivity index is 3.81. The third-order valence-electron chi connectivity index (χ3n) is 6.99. The number of hydrogen-bond acceptors (Lipinski definition) is 4. The first-order valence-electron chi connectivity index (χ1n) is 15.6. The first-order chi connectivity index (χ1) is 18.0. The monoisotopic (exact) mass is 523 g/mol. The van der Waals surface area contributed by atoms with Gasteiger partial charge in [0.15, 0.2) is 0 Å². The Bertz CT molecular complexity index is 549. The lowest BCUT2D eigenvalue weighted by Crippen LogP contribution is -2.45. The average Bonchev–Trinajstić information content (AvgIpc) is 2.88. The van der Waals surface area contributed by atoms with Crippen LogP contribution in [-0.4, -0.2) is 46.1 Å². The largest absolute Gasteiger partial charge is 0.394 e. The molecule has 3 unspecified atom stereocenters. The van der Waals surface area contributed by atoms with Gasteiger partial charge in [0.1, 0.15) is 0 Å². The number of hydrogen-bond donors (Lipinski definition) is 4. The van der Waals surface area contributed by atoms with Crippen molar-refractivity contribution in [2.75, 3.05) is 6.61 Å². The maximum Gasteiger partial charge on any atom is 0.222 e. The van der Waals surface area contributed by atoms with Crippen LogP contribution >= 0.6 is 0 Å². The van der Waals surface area contributed by atoms with E-state index in [2.05, 4.69) is 31.3 Å². The highest BCUT2D eigenvalue weighted by atomic mass is 16.3. The second-order valence-electron chi connectivity index (χ2n) is 10.7. The molecule has 0 aliphatic rings. The standard InChI is InChI=1S/C32H61NO4/c1-3-5-7-9-11-13-14-15-16-18-19-21-23-25-29(35)27-32(37)33-30(28-34)31(36)26-24-22-20-17-12-10-8-6-4-2/h12,17,24,26,29-31,34-36H,3-11,13-16,18-23,25,27-28H2,1-2H3,(H,33,37)/b17-12+,26-24+. The maximum atomic E-state index is 12.3. The summed E-state index contributed by atoms with van der Waals surface area (Å²) in [5, 5.41) is 32.7. The minimum Gasteiger partial charge on any atom is -0.394 e. The predicted molar refractivity (Wildman–Crippen MR) is 158 cm³/mol. The van der Waals surface area contributed by atoms with Crippen LogP contribution in [0.2, 0.25) is 0 Å². The summed E-state index contributed by atoms with van der Waals surface area (Å²) in [7, 11) is 0. The van der Waals surface area contributed by atoms with Gasteiger partial charge in [0.05, 0.1) is 31.3 Å². The highest BCUT2D eigenvalue weighted by Gasteiger charge is 2.20. The number of rotatable bonds is 27. The number of carbonyl (C=O) groups excluding carboxylic acids is 1. The molecule has 0 rings (SSSR count). The van der Waals surface area contributed by atoms with Gasteiger partial charge in [-0.15, -0.1) is 0 Å². The highest BCUT2D eigenvalue weighted by Crippen LogP contribution is 2.14. The molecular weight excluding hydrogens is 462 g/mol. The van der Waals surface area contributed by atoms with Gasteiger partial charge in [-0.1, -0.05) is 134 Å². The van der Waals surface area contributed by atoms with Crippen molar-refractivity contribution in [3.05, 3.63) is 24.3 Å². The van der Waals surface area contributed by atoms with Crippen LogP contribution < -0.4 is 5.32 Å². The van der Waals surface area contributed by atoms with E-state index in [1.165, 1.54) is 89.9 Å². The van der Waals surface area contributed by atoms with E-state index in [-0.39, 0.29) is 18.9 Å². The molecule has 37 heavy (non-hydrogen) atoms. The zero-order valence-electron chi connectivity index (χ0n) is 24.3. The van der Waals surface area contributed by atoms with E-state index in [9.17, 15) is 20.1 Å². The number of aliphatic hydroxyl groups excluding tert-OH is 3. The summed E-state index contributed by atoms with van der Waals surface area (Å²) < 4.78 is 0. The Hall–Kier alpha value is -1.17. The number of allylic oxidation sites excluding steroid dienone is 3. The fourth-order valence-corrected chi connectivity index (χ4v) is 4.53. The van der Waals surface area contributed by atoms with Gasteiger partial charge < -0.3 is 20.6 Å². The van der Waals surface area contributed by atoms with Crippen LogP contribution in [0.25, 0.3) is 0 Å².